The minimum absolute atomic E-state index is 0.282. The summed E-state index contributed by atoms with van der Waals surface area (Å²) in [5.41, 5.74) is 7.75. The molecule has 2 aromatic carbocycles. The molecular weight excluding hydrogens is 333 g/mol. The number of benzene rings is 2. The third-order valence-corrected chi connectivity index (χ3v) is 4.03. The predicted octanol–water partition coefficient (Wildman–Crippen LogP) is 4.75. The molecule has 0 heterocycles. The minimum Gasteiger partial charge on any atom is -0.483 e. The van der Waals surface area contributed by atoms with E-state index in [0.717, 1.165) is 10.0 Å². The topological polar surface area (TPSA) is 35.2 Å². The van der Waals surface area contributed by atoms with Crippen LogP contribution < -0.4 is 10.5 Å². The zero-order valence-corrected chi connectivity index (χ0v) is 13.7. The highest BCUT2D eigenvalue weighted by atomic mass is 79.9. The van der Waals surface area contributed by atoms with Gasteiger partial charge in [0.1, 0.15) is 17.7 Å². The lowest BCUT2D eigenvalue weighted by Gasteiger charge is -2.25. The predicted molar refractivity (Wildman–Crippen MR) is 86.9 cm³/mol. The highest BCUT2D eigenvalue weighted by Crippen LogP contribution is 2.32. The Labute approximate surface area is 133 Å². The molecular formula is C17H19BrFNO. The smallest absolute Gasteiger partial charge is 0.142 e. The van der Waals surface area contributed by atoms with Gasteiger partial charge in [-0.05, 0) is 53.0 Å². The molecule has 0 aromatic heterocycles. The van der Waals surface area contributed by atoms with Gasteiger partial charge in [0.25, 0.3) is 0 Å². The summed E-state index contributed by atoms with van der Waals surface area (Å²) in [6.07, 6.45) is 0.179. The molecule has 2 atom stereocenters. The van der Waals surface area contributed by atoms with Gasteiger partial charge in [0, 0.05) is 11.6 Å². The molecule has 0 bridgehead atoms. The molecule has 0 fully saturated rings. The van der Waals surface area contributed by atoms with E-state index in [1.165, 1.54) is 6.07 Å². The van der Waals surface area contributed by atoms with Crippen molar-refractivity contribution in [2.45, 2.75) is 32.4 Å². The summed E-state index contributed by atoms with van der Waals surface area (Å²) in [6, 6.07) is 12.1. The van der Waals surface area contributed by atoms with Crippen LogP contribution in [0.15, 0.2) is 46.9 Å². The molecule has 0 saturated heterocycles. The van der Waals surface area contributed by atoms with E-state index in [4.69, 9.17) is 10.5 Å². The molecule has 2 N–H and O–H groups in total. The maximum atomic E-state index is 14.1. The highest BCUT2D eigenvalue weighted by molar-refractivity contribution is 9.10. The van der Waals surface area contributed by atoms with E-state index in [-0.39, 0.29) is 11.9 Å². The summed E-state index contributed by atoms with van der Waals surface area (Å²) in [5.74, 6) is 0.368. The lowest BCUT2D eigenvalue weighted by atomic mass is 10.00. The monoisotopic (exact) mass is 351 g/mol. The first-order valence-corrected chi connectivity index (χ1v) is 7.75. The summed E-state index contributed by atoms with van der Waals surface area (Å²) in [6.45, 7) is 3.97. The highest BCUT2D eigenvalue weighted by Gasteiger charge is 2.24. The Morgan fingerprint density at radius 1 is 1.24 bits per heavy atom. The van der Waals surface area contributed by atoms with Crippen LogP contribution in [-0.2, 0) is 0 Å². The number of rotatable bonds is 5. The lowest BCUT2D eigenvalue weighted by molar-refractivity contribution is 0.165. The van der Waals surface area contributed by atoms with E-state index in [1.54, 1.807) is 18.2 Å². The Morgan fingerprint density at radius 3 is 2.57 bits per heavy atom. The first-order chi connectivity index (χ1) is 10.0. The van der Waals surface area contributed by atoms with Crippen LogP contribution >= 0.6 is 15.9 Å². The van der Waals surface area contributed by atoms with Gasteiger partial charge < -0.3 is 10.5 Å². The van der Waals surface area contributed by atoms with E-state index >= 15 is 0 Å². The quantitative estimate of drug-likeness (QED) is 0.843. The van der Waals surface area contributed by atoms with Gasteiger partial charge in [-0.15, -0.1) is 0 Å². The molecule has 21 heavy (non-hydrogen) atoms. The third-order valence-electron chi connectivity index (χ3n) is 3.41. The van der Waals surface area contributed by atoms with Crippen molar-refractivity contribution >= 4 is 15.9 Å². The molecule has 0 amide bonds. The zero-order chi connectivity index (χ0) is 15.4. The van der Waals surface area contributed by atoms with Crippen LogP contribution in [0, 0.1) is 12.7 Å². The summed E-state index contributed by atoms with van der Waals surface area (Å²) in [5, 5.41) is 0. The van der Waals surface area contributed by atoms with Crippen molar-refractivity contribution in [2.24, 2.45) is 5.73 Å². The second-order valence-corrected chi connectivity index (χ2v) is 5.92. The lowest BCUT2D eigenvalue weighted by Crippen LogP contribution is -2.32. The zero-order valence-electron chi connectivity index (χ0n) is 12.1. The van der Waals surface area contributed by atoms with Crippen LogP contribution in [-0.4, -0.2) is 6.04 Å². The molecule has 0 aliphatic carbocycles. The van der Waals surface area contributed by atoms with Crippen LogP contribution in [0.2, 0.25) is 0 Å². The molecule has 0 saturated carbocycles. The van der Waals surface area contributed by atoms with Gasteiger partial charge >= 0.3 is 0 Å². The molecule has 0 aliphatic rings. The van der Waals surface area contributed by atoms with Gasteiger partial charge in [-0.2, -0.15) is 0 Å². The molecule has 4 heteroatoms. The molecule has 2 rings (SSSR count). The summed E-state index contributed by atoms with van der Waals surface area (Å²) in [7, 11) is 0. The molecule has 2 aromatic rings. The Morgan fingerprint density at radius 2 is 1.95 bits per heavy atom. The standard InChI is InChI=1S/C17H19BrFNO/c1-3-15(20)17(12-6-4-5-7-14(12)19)21-16-9-8-11(2)10-13(16)18/h4-10,15,17H,3,20H2,1-2H3. The molecule has 112 valence electrons. The van der Waals surface area contributed by atoms with Crippen molar-refractivity contribution in [3.63, 3.8) is 0 Å². The average molecular weight is 352 g/mol. The Bertz CT molecular complexity index is 617. The second-order valence-electron chi connectivity index (χ2n) is 5.07. The van der Waals surface area contributed by atoms with E-state index < -0.39 is 6.10 Å². The second kappa shape index (κ2) is 7.05. The Balaban J connectivity index is 2.35. The van der Waals surface area contributed by atoms with E-state index in [1.807, 2.05) is 32.0 Å². The van der Waals surface area contributed by atoms with Gasteiger partial charge in [0.05, 0.1) is 4.47 Å². The number of aryl methyl sites for hydroxylation is 1. The van der Waals surface area contributed by atoms with Gasteiger partial charge in [0.2, 0.25) is 0 Å². The molecule has 0 aliphatic heterocycles. The number of halogens is 2. The van der Waals surface area contributed by atoms with Crippen LogP contribution in [0.4, 0.5) is 4.39 Å². The van der Waals surface area contributed by atoms with Crippen molar-refractivity contribution in [3.8, 4) is 5.75 Å². The van der Waals surface area contributed by atoms with Crippen molar-refractivity contribution in [2.75, 3.05) is 0 Å². The maximum Gasteiger partial charge on any atom is 0.142 e. The van der Waals surface area contributed by atoms with Crippen molar-refractivity contribution in [1.82, 2.24) is 0 Å². The fourth-order valence-electron chi connectivity index (χ4n) is 2.14. The van der Waals surface area contributed by atoms with Crippen molar-refractivity contribution in [3.05, 3.63) is 63.9 Å². The summed E-state index contributed by atoms with van der Waals surface area (Å²) >= 11 is 3.48. The van der Waals surface area contributed by atoms with Crippen molar-refractivity contribution < 1.29 is 9.13 Å². The average Bonchev–Trinajstić information content (AvgIpc) is 2.47. The molecule has 2 unspecified atom stereocenters. The van der Waals surface area contributed by atoms with Gasteiger partial charge in [-0.1, -0.05) is 31.2 Å². The fourth-order valence-corrected chi connectivity index (χ4v) is 2.73. The molecule has 0 radical (unpaired) electrons. The molecule has 2 nitrogen and oxygen atoms in total. The number of hydrogen-bond donors (Lipinski definition) is 1. The van der Waals surface area contributed by atoms with E-state index in [2.05, 4.69) is 15.9 Å². The Kier molecular flexibility index (Phi) is 5.37. The normalized spacial score (nSPS) is 13.8. The largest absolute Gasteiger partial charge is 0.483 e. The van der Waals surface area contributed by atoms with E-state index in [9.17, 15) is 4.39 Å². The summed E-state index contributed by atoms with van der Waals surface area (Å²) in [4.78, 5) is 0. The SMILES string of the molecule is CCC(N)C(Oc1ccc(C)cc1Br)c1ccccc1F. The fraction of sp³-hybridized carbons (Fsp3) is 0.294. The van der Waals surface area contributed by atoms with Crippen LogP contribution in [0.1, 0.15) is 30.6 Å². The number of hydrogen-bond acceptors (Lipinski definition) is 2. The Hall–Kier alpha value is -1.39. The minimum atomic E-state index is -0.518. The van der Waals surface area contributed by atoms with Crippen LogP contribution in [0.5, 0.6) is 5.75 Å². The maximum absolute atomic E-state index is 14.1. The first-order valence-electron chi connectivity index (χ1n) is 6.95. The first kappa shape index (κ1) is 16.0. The van der Waals surface area contributed by atoms with Gasteiger partial charge in [0.15, 0.2) is 0 Å². The number of nitrogens with two attached hydrogens (primary N) is 1. The third kappa shape index (κ3) is 3.83. The van der Waals surface area contributed by atoms with Crippen LogP contribution in [0.3, 0.4) is 0 Å². The molecule has 0 spiro atoms. The van der Waals surface area contributed by atoms with Crippen LogP contribution in [0.25, 0.3) is 0 Å². The summed E-state index contributed by atoms with van der Waals surface area (Å²) < 4.78 is 20.9. The van der Waals surface area contributed by atoms with Gasteiger partial charge in [-0.3, -0.25) is 0 Å². The van der Waals surface area contributed by atoms with Gasteiger partial charge in [-0.25, -0.2) is 4.39 Å². The number of ether oxygens (including phenoxy) is 1. The van der Waals surface area contributed by atoms with Crippen molar-refractivity contribution in [1.29, 1.82) is 0 Å². The van der Waals surface area contributed by atoms with E-state index in [0.29, 0.717) is 17.7 Å².